The molecule has 3 heteroatoms. The van der Waals surface area contributed by atoms with Crippen LogP contribution in [-0.2, 0) is 9.53 Å². The highest BCUT2D eigenvalue weighted by Crippen LogP contribution is 2.38. The molecular weight excluding hydrogens is 202 g/mol. The fraction of sp³-hybridized carbons (Fsp3) is 0.923. The molecular formula is C13H23NO2. The van der Waals surface area contributed by atoms with E-state index in [1.807, 2.05) is 6.92 Å². The van der Waals surface area contributed by atoms with Crippen molar-refractivity contribution in [2.45, 2.75) is 39.0 Å². The number of hydrogen-bond acceptors (Lipinski definition) is 3. The molecule has 3 unspecified atom stereocenters. The highest BCUT2D eigenvalue weighted by molar-refractivity contribution is 5.69. The summed E-state index contributed by atoms with van der Waals surface area (Å²) in [7, 11) is 0. The van der Waals surface area contributed by atoms with Crippen molar-refractivity contribution in [3.63, 3.8) is 0 Å². The number of ether oxygens (including phenoxy) is 1. The molecule has 0 bridgehead atoms. The minimum absolute atomic E-state index is 0.000107. The van der Waals surface area contributed by atoms with Crippen molar-refractivity contribution in [2.75, 3.05) is 19.7 Å². The van der Waals surface area contributed by atoms with E-state index in [9.17, 15) is 4.79 Å². The number of esters is 1. The molecule has 0 aromatic carbocycles. The van der Waals surface area contributed by atoms with Gasteiger partial charge in [0.25, 0.3) is 0 Å². The predicted octanol–water partition coefficient (Wildman–Crippen LogP) is 1.97. The van der Waals surface area contributed by atoms with Gasteiger partial charge in [0, 0.05) is 6.42 Å². The van der Waals surface area contributed by atoms with Crippen molar-refractivity contribution in [3.05, 3.63) is 0 Å². The second-order valence-electron chi connectivity index (χ2n) is 5.20. The first-order chi connectivity index (χ1) is 7.79. The lowest BCUT2D eigenvalue weighted by molar-refractivity contribution is -0.144. The summed E-state index contributed by atoms with van der Waals surface area (Å²) in [6.45, 7) is 4.74. The number of fused-ring (bicyclic) bond motifs is 1. The second-order valence-corrected chi connectivity index (χ2v) is 5.20. The number of nitrogens with one attached hydrogen (secondary N) is 1. The molecule has 1 aliphatic heterocycles. The lowest BCUT2D eigenvalue weighted by Crippen LogP contribution is -2.40. The van der Waals surface area contributed by atoms with Gasteiger partial charge in [0.1, 0.15) is 0 Å². The molecule has 1 saturated carbocycles. The van der Waals surface area contributed by atoms with E-state index in [0.717, 1.165) is 18.4 Å². The van der Waals surface area contributed by atoms with E-state index >= 15 is 0 Å². The van der Waals surface area contributed by atoms with Crippen molar-refractivity contribution < 1.29 is 9.53 Å². The first kappa shape index (κ1) is 11.9. The Morgan fingerprint density at radius 1 is 1.31 bits per heavy atom. The van der Waals surface area contributed by atoms with Gasteiger partial charge < -0.3 is 10.1 Å². The fourth-order valence-electron chi connectivity index (χ4n) is 3.26. The molecule has 1 heterocycles. The first-order valence-corrected chi connectivity index (χ1v) is 6.66. The molecule has 3 atom stereocenters. The smallest absolute Gasteiger partial charge is 0.306 e. The third kappa shape index (κ3) is 2.97. The molecule has 2 fully saturated rings. The van der Waals surface area contributed by atoms with Crippen LogP contribution in [0, 0.1) is 17.8 Å². The van der Waals surface area contributed by atoms with Crippen LogP contribution in [-0.4, -0.2) is 25.7 Å². The zero-order valence-corrected chi connectivity index (χ0v) is 10.2. The van der Waals surface area contributed by atoms with E-state index in [2.05, 4.69) is 5.32 Å². The SMILES string of the molecule is CCOC(=O)CC1CCC2CNCCC2C1. The Morgan fingerprint density at radius 2 is 2.19 bits per heavy atom. The van der Waals surface area contributed by atoms with Gasteiger partial charge in [-0.3, -0.25) is 4.79 Å². The van der Waals surface area contributed by atoms with Crippen LogP contribution in [0.15, 0.2) is 0 Å². The van der Waals surface area contributed by atoms with E-state index in [1.165, 1.54) is 32.2 Å². The monoisotopic (exact) mass is 225 g/mol. The molecule has 0 amide bonds. The fourth-order valence-corrected chi connectivity index (χ4v) is 3.26. The molecule has 92 valence electrons. The Balaban J connectivity index is 1.78. The number of carbonyl (C=O) groups is 1. The van der Waals surface area contributed by atoms with Gasteiger partial charge in [0.15, 0.2) is 0 Å². The lowest BCUT2D eigenvalue weighted by Gasteiger charge is -2.39. The number of rotatable bonds is 3. The zero-order chi connectivity index (χ0) is 11.4. The van der Waals surface area contributed by atoms with Crippen LogP contribution in [0.2, 0.25) is 0 Å². The predicted molar refractivity (Wildman–Crippen MR) is 63.1 cm³/mol. The highest BCUT2D eigenvalue weighted by Gasteiger charge is 2.32. The number of hydrogen-bond donors (Lipinski definition) is 1. The Morgan fingerprint density at radius 3 is 3.00 bits per heavy atom. The number of carbonyl (C=O) groups excluding carboxylic acids is 1. The largest absolute Gasteiger partial charge is 0.466 e. The molecule has 1 aliphatic carbocycles. The summed E-state index contributed by atoms with van der Waals surface area (Å²) in [5, 5.41) is 3.47. The summed E-state index contributed by atoms with van der Waals surface area (Å²) in [5.41, 5.74) is 0. The molecule has 3 nitrogen and oxygen atoms in total. The topological polar surface area (TPSA) is 38.3 Å². The van der Waals surface area contributed by atoms with Gasteiger partial charge in [-0.2, -0.15) is 0 Å². The summed E-state index contributed by atoms with van der Waals surface area (Å²) >= 11 is 0. The second kappa shape index (κ2) is 5.67. The van der Waals surface area contributed by atoms with Crippen LogP contribution in [0.4, 0.5) is 0 Å². The van der Waals surface area contributed by atoms with Crippen LogP contribution in [0.5, 0.6) is 0 Å². The molecule has 2 aliphatic rings. The van der Waals surface area contributed by atoms with Crippen molar-refractivity contribution in [3.8, 4) is 0 Å². The van der Waals surface area contributed by atoms with E-state index in [1.54, 1.807) is 0 Å². The maximum atomic E-state index is 11.4. The third-order valence-corrected chi connectivity index (χ3v) is 4.11. The molecule has 16 heavy (non-hydrogen) atoms. The van der Waals surface area contributed by atoms with Gasteiger partial charge in [-0.15, -0.1) is 0 Å². The Hall–Kier alpha value is -0.570. The molecule has 0 aromatic rings. The average molecular weight is 225 g/mol. The Kier molecular flexibility index (Phi) is 4.22. The molecule has 2 rings (SSSR count). The Labute approximate surface area is 97.9 Å². The summed E-state index contributed by atoms with van der Waals surface area (Å²) in [4.78, 5) is 11.4. The number of piperidine rings is 1. The minimum atomic E-state index is -0.000107. The minimum Gasteiger partial charge on any atom is -0.466 e. The maximum absolute atomic E-state index is 11.4. The van der Waals surface area contributed by atoms with Crippen LogP contribution >= 0.6 is 0 Å². The Bertz CT molecular complexity index is 242. The quantitative estimate of drug-likeness (QED) is 0.746. The van der Waals surface area contributed by atoms with E-state index in [4.69, 9.17) is 4.74 Å². The van der Waals surface area contributed by atoms with Gasteiger partial charge in [-0.25, -0.2) is 0 Å². The van der Waals surface area contributed by atoms with Crippen molar-refractivity contribution >= 4 is 5.97 Å². The summed E-state index contributed by atoms with van der Waals surface area (Å²) < 4.78 is 5.03. The molecule has 0 radical (unpaired) electrons. The average Bonchev–Trinajstić information content (AvgIpc) is 2.29. The van der Waals surface area contributed by atoms with E-state index in [-0.39, 0.29) is 5.97 Å². The van der Waals surface area contributed by atoms with E-state index < -0.39 is 0 Å². The standard InChI is InChI=1S/C13H23NO2/c1-2-16-13(15)8-10-3-4-12-9-14-6-5-11(12)7-10/h10-12,14H,2-9H2,1H3. The summed E-state index contributed by atoms with van der Waals surface area (Å²) in [6, 6.07) is 0. The van der Waals surface area contributed by atoms with Crippen LogP contribution < -0.4 is 5.32 Å². The maximum Gasteiger partial charge on any atom is 0.306 e. The van der Waals surface area contributed by atoms with Crippen molar-refractivity contribution in [1.82, 2.24) is 5.32 Å². The summed E-state index contributed by atoms with van der Waals surface area (Å²) in [5.74, 6) is 2.31. The lowest BCUT2D eigenvalue weighted by atomic mass is 9.70. The summed E-state index contributed by atoms with van der Waals surface area (Å²) in [6.07, 6.45) is 5.68. The normalized spacial score (nSPS) is 34.2. The van der Waals surface area contributed by atoms with Crippen molar-refractivity contribution in [1.29, 1.82) is 0 Å². The van der Waals surface area contributed by atoms with Gasteiger partial charge in [-0.05, 0) is 63.5 Å². The molecule has 0 aromatic heterocycles. The van der Waals surface area contributed by atoms with Crippen LogP contribution in [0.25, 0.3) is 0 Å². The molecule has 1 saturated heterocycles. The first-order valence-electron chi connectivity index (χ1n) is 6.66. The van der Waals surface area contributed by atoms with Crippen LogP contribution in [0.1, 0.15) is 39.0 Å². The van der Waals surface area contributed by atoms with Crippen LogP contribution in [0.3, 0.4) is 0 Å². The third-order valence-electron chi connectivity index (χ3n) is 4.11. The van der Waals surface area contributed by atoms with Crippen molar-refractivity contribution in [2.24, 2.45) is 17.8 Å². The molecule has 0 spiro atoms. The van der Waals surface area contributed by atoms with Gasteiger partial charge in [0.05, 0.1) is 6.61 Å². The highest BCUT2D eigenvalue weighted by atomic mass is 16.5. The van der Waals surface area contributed by atoms with E-state index in [0.29, 0.717) is 18.9 Å². The van der Waals surface area contributed by atoms with Gasteiger partial charge in [0.2, 0.25) is 0 Å². The van der Waals surface area contributed by atoms with Gasteiger partial charge in [-0.1, -0.05) is 0 Å². The van der Waals surface area contributed by atoms with Gasteiger partial charge >= 0.3 is 5.97 Å². The zero-order valence-electron chi connectivity index (χ0n) is 10.2. The molecule has 1 N–H and O–H groups in total.